The van der Waals surface area contributed by atoms with Gasteiger partial charge in [-0.05, 0) is 24.1 Å². The van der Waals surface area contributed by atoms with Gasteiger partial charge in [0.05, 0.1) is 5.92 Å². The van der Waals surface area contributed by atoms with Gasteiger partial charge in [-0.25, -0.2) is 4.39 Å². The molecule has 0 aliphatic rings. The van der Waals surface area contributed by atoms with E-state index in [9.17, 15) is 9.18 Å². The van der Waals surface area contributed by atoms with Crippen molar-refractivity contribution in [1.29, 1.82) is 0 Å². The lowest BCUT2D eigenvalue weighted by Crippen LogP contribution is -2.41. The van der Waals surface area contributed by atoms with E-state index >= 15 is 0 Å². The summed E-state index contributed by atoms with van der Waals surface area (Å²) in [7, 11) is 3.37. The number of nitrogens with one attached hydrogen (secondary N) is 2. The Hall–Kier alpha value is -1.38. The molecule has 0 saturated carbocycles. The molecule has 0 spiro atoms. The molecule has 7 heteroatoms. The zero-order valence-electron chi connectivity index (χ0n) is 11.5. The highest BCUT2D eigenvalue weighted by molar-refractivity contribution is 14.0. The largest absolute Gasteiger partial charge is 0.369 e. The Labute approximate surface area is 135 Å². The number of aliphatic imine (C=N–C) groups is 1. The molecule has 0 aliphatic carbocycles. The SMILES string of the molecule is CN=C(NC)NCC(Cc1ccc(F)cc1)C(N)=O.I. The van der Waals surface area contributed by atoms with Crippen molar-refractivity contribution in [3.05, 3.63) is 35.6 Å². The summed E-state index contributed by atoms with van der Waals surface area (Å²) in [6, 6.07) is 6.04. The zero-order valence-corrected chi connectivity index (χ0v) is 13.9. The lowest BCUT2D eigenvalue weighted by Gasteiger charge is -2.16. The van der Waals surface area contributed by atoms with Crippen molar-refractivity contribution in [2.45, 2.75) is 6.42 Å². The molecule has 112 valence electrons. The topological polar surface area (TPSA) is 79.5 Å². The van der Waals surface area contributed by atoms with Crippen LogP contribution in [0, 0.1) is 11.7 Å². The predicted molar refractivity (Wildman–Crippen MR) is 88.6 cm³/mol. The number of hydrogen-bond acceptors (Lipinski definition) is 2. The van der Waals surface area contributed by atoms with Gasteiger partial charge in [0.2, 0.25) is 5.91 Å². The normalized spacial score (nSPS) is 12.2. The fourth-order valence-electron chi connectivity index (χ4n) is 1.68. The van der Waals surface area contributed by atoms with Crippen molar-refractivity contribution < 1.29 is 9.18 Å². The zero-order chi connectivity index (χ0) is 14.3. The van der Waals surface area contributed by atoms with E-state index in [1.807, 2.05) is 0 Å². The Balaban J connectivity index is 0.00000361. The third-order valence-corrected chi connectivity index (χ3v) is 2.77. The van der Waals surface area contributed by atoms with E-state index < -0.39 is 5.91 Å². The molecule has 0 radical (unpaired) electrons. The van der Waals surface area contributed by atoms with Crippen molar-refractivity contribution in [1.82, 2.24) is 10.6 Å². The standard InChI is InChI=1S/C13H19FN4O.HI/c1-16-13(17-2)18-8-10(12(15)19)7-9-3-5-11(14)6-4-9;/h3-6,10H,7-8H2,1-2H3,(H2,15,19)(H2,16,17,18);1H. The molecular weight excluding hydrogens is 374 g/mol. The number of rotatable bonds is 5. The van der Waals surface area contributed by atoms with E-state index in [-0.39, 0.29) is 35.7 Å². The smallest absolute Gasteiger partial charge is 0.222 e. The molecule has 0 heterocycles. The number of carbonyl (C=O) groups is 1. The summed E-state index contributed by atoms with van der Waals surface area (Å²) in [5.41, 5.74) is 6.24. The van der Waals surface area contributed by atoms with Gasteiger partial charge in [0.25, 0.3) is 0 Å². The molecule has 0 aromatic heterocycles. The van der Waals surface area contributed by atoms with Gasteiger partial charge in [0, 0.05) is 20.6 Å². The number of primary amides is 1. The second-order valence-corrected chi connectivity index (χ2v) is 4.13. The average molecular weight is 394 g/mol. The number of halogens is 2. The maximum atomic E-state index is 12.8. The number of nitrogens with zero attached hydrogens (tertiary/aromatic N) is 1. The fourth-order valence-corrected chi connectivity index (χ4v) is 1.68. The van der Waals surface area contributed by atoms with Gasteiger partial charge < -0.3 is 16.4 Å². The Kier molecular flexibility index (Phi) is 8.86. The predicted octanol–water partition coefficient (Wildman–Crippen LogP) is 0.882. The van der Waals surface area contributed by atoms with Gasteiger partial charge in [-0.15, -0.1) is 24.0 Å². The summed E-state index contributed by atoms with van der Waals surface area (Å²) in [6.07, 6.45) is 0.462. The van der Waals surface area contributed by atoms with E-state index in [1.54, 1.807) is 26.2 Å². The Morgan fingerprint density at radius 2 is 2.00 bits per heavy atom. The molecule has 5 nitrogen and oxygen atoms in total. The molecule has 1 amide bonds. The first kappa shape index (κ1) is 18.6. The molecule has 0 saturated heterocycles. The summed E-state index contributed by atoms with van der Waals surface area (Å²) in [6.45, 7) is 0.375. The van der Waals surface area contributed by atoms with Gasteiger partial charge in [-0.3, -0.25) is 9.79 Å². The van der Waals surface area contributed by atoms with Gasteiger partial charge in [0.1, 0.15) is 5.82 Å². The summed E-state index contributed by atoms with van der Waals surface area (Å²) >= 11 is 0. The first-order chi connectivity index (χ1) is 9.06. The molecule has 1 aromatic carbocycles. The van der Waals surface area contributed by atoms with Crippen molar-refractivity contribution in [3.63, 3.8) is 0 Å². The third kappa shape index (κ3) is 6.18. The molecule has 20 heavy (non-hydrogen) atoms. The molecule has 1 atom stereocenters. The molecule has 1 aromatic rings. The van der Waals surface area contributed by atoms with Crippen LogP contribution in [0.25, 0.3) is 0 Å². The van der Waals surface area contributed by atoms with Crippen LogP contribution in [0.1, 0.15) is 5.56 Å². The van der Waals surface area contributed by atoms with E-state index in [0.29, 0.717) is 18.9 Å². The third-order valence-electron chi connectivity index (χ3n) is 2.77. The highest BCUT2D eigenvalue weighted by Crippen LogP contribution is 2.09. The number of nitrogens with two attached hydrogens (primary N) is 1. The minimum Gasteiger partial charge on any atom is -0.369 e. The lowest BCUT2D eigenvalue weighted by molar-refractivity contribution is -0.121. The number of guanidine groups is 1. The Morgan fingerprint density at radius 1 is 1.40 bits per heavy atom. The van der Waals surface area contributed by atoms with Gasteiger partial charge in [-0.1, -0.05) is 12.1 Å². The maximum Gasteiger partial charge on any atom is 0.222 e. The monoisotopic (exact) mass is 394 g/mol. The Bertz CT molecular complexity index is 450. The molecule has 1 unspecified atom stereocenters. The second kappa shape index (κ2) is 9.51. The van der Waals surface area contributed by atoms with Crippen molar-refractivity contribution in [2.75, 3.05) is 20.6 Å². The van der Waals surface area contributed by atoms with Crippen molar-refractivity contribution >= 4 is 35.8 Å². The highest BCUT2D eigenvalue weighted by Gasteiger charge is 2.16. The van der Waals surface area contributed by atoms with Gasteiger partial charge in [-0.2, -0.15) is 0 Å². The maximum absolute atomic E-state index is 12.8. The first-order valence-electron chi connectivity index (χ1n) is 5.99. The lowest BCUT2D eigenvalue weighted by atomic mass is 9.98. The second-order valence-electron chi connectivity index (χ2n) is 4.13. The van der Waals surface area contributed by atoms with Crippen molar-refractivity contribution in [2.24, 2.45) is 16.6 Å². The molecule has 4 N–H and O–H groups in total. The van der Waals surface area contributed by atoms with E-state index in [2.05, 4.69) is 15.6 Å². The van der Waals surface area contributed by atoms with Crippen LogP contribution in [-0.2, 0) is 11.2 Å². The van der Waals surface area contributed by atoms with Crippen LogP contribution in [0.2, 0.25) is 0 Å². The van der Waals surface area contributed by atoms with E-state index in [1.165, 1.54) is 12.1 Å². The number of benzene rings is 1. The van der Waals surface area contributed by atoms with Gasteiger partial charge >= 0.3 is 0 Å². The quantitative estimate of drug-likeness (QED) is 0.394. The summed E-state index contributed by atoms with van der Waals surface area (Å²) in [5, 5.41) is 5.85. The van der Waals surface area contributed by atoms with Crippen LogP contribution >= 0.6 is 24.0 Å². The first-order valence-corrected chi connectivity index (χ1v) is 5.99. The minimum atomic E-state index is -0.400. The highest BCUT2D eigenvalue weighted by atomic mass is 127. The van der Waals surface area contributed by atoms with E-state index in [0.717, 1.165) is 5.56 Å². The molecule has 0 aliphatic heterocycles. The number of amides is 1. The van der Waals surface area contributed by atoms with Crippen LogP contribution in [-0.4, -0.2) is 32.5 Å². The average Bonchev–Trinajstić information content (AvgIpc) is 2.40. The fraction of sp³-hybridized carbons (Fsp3) is 0.385. The molecular formula is C13H20FIN4O. The summed E-state index contributed by atoms with van der Waals surface area (Å²) in [5.74, 6) is -0.489. The van der Waals surface area contributed by atoms with Crippen LogP contribution in [0.4, 0.5) is 4.39 Å². The number of carbonyl (C=O) groups excluding carboxylic acids is 1. The van der Waals surface area contributed by atoms with Crippen LogP contribution in [0.15, 0.2) is 29.3 Å². The molecule has 0 bridgehead atoms. The van der Waals surface area contributed by atoms with Gasteiger partial charge in [0.15, 0.2) is 5.96 Å². The number of hydrogen-bond donors (Lipinski definition) is 3. The summed E-state index contributed by atoms with van der Waals surface area (Å²) < 4.78 is 12.8. The Morgan fingerprint density at radius 3 is 2.45 bits per heavy atom. The van der Waals surface area contributed by atoms with Crippen LogP contribution < -0.4 is 16.4 Å². The van der Waals surface area contributed by atoms with Crippen molar-refractivity contribution in [3.8, 4) is 0 Å². The summed E-state index contributed by atoms with van der Waals surface area (Å²) in [4.78, 5) is 15.4. The van der Waals surface area contributed by atoms with E-state index in [4.69, 9.17) is 5.73 Å². The molecule has 1 rings (SSSR count). The minimum absolute atomic E-state index is 0. The van der Waals surface area contributed by atoms with Crippen LogP contribution in [0.3, 0.4) is 0 Å². The molecule has 0 fully saturated rings. The van der Waals surface area contributed by atoms with Crippen LogP contribution in [0.5, 0.6) is 0 Å².